The third-order valence-electron chi connectivity index (χ3n) is 4.10. The summed E-state index contributed by atoms with van der Waals surface area (Å²) in [5.41, 5.74) is 1.24. The van der Waals surface area contributed by atoms with Crippen molar-refractivity contribution in [2.45, 2.75) is 57.4 Å². The van der Waals surface area contributed by atoms with E-state index in [1.165, 1.54) is 38.2 Å². The van der Waals surface area contributed by atoms with Crippen LogP contribution < -0.4 is 5.32 Å². The summed E-state index contributed by atoms with van der Waals surface area (Å²) in [7, 11) is 0. The molecule has 1 aliphatic heterocycles. The Hall–Kier alpha value is -0.410. The number of halogens is 2. The molecule has 1 nitrogen and oxygen atoms in total. The molecule has 1 saturated heterocycles. The van der Waals surface area contributed by atoms with Gasteiger partial charge in [-0.1, -0.05) is 42.1 Å². The molecule has 2 rings (SSSR count). The molecule has 0 aliphatic carbocycles. The maximum Gasteiger partial charge on any atom is 0.123 e. The van der Waals surface area contributed by atoms with Gasteiger partial charge in [0.15, 0.2) is 0 Å². The summed E-state index contributed by atoms with van der Waals surface area (Å²) in [6.07, 6.45) is 8.29. The number of nitrogens with one attached hydrogen (secondary N) is 1. The minimum atomic E-state index is -0.140. The molecule has 1 aliphatic rings. The van der Waals surface area contributed by atoms with E-state index in [1.54, 1.807) is 6.07 Å². The Bertz CT molecular complexity index is 411. The Morgan fingerprint density at radius 2 is 2.16 bits per heavy atom. The average Bonchev–Trinajstić information content (AvgIpc) is 2.60. The van der Waals surface area contributed by atoms with E-state index in [9.17, 15) is 4.39 Å². The monoisotopic (exact) mass is 327 g/mol. The van der Waals surface area contributed by atoms with Gasteiger partial charge < -0.3 is 5.32 Å². The van der Waals surface area contributed by atoms with Crippen molar-refractivity contribution < 1.29 is 4.39 Å². The zero-order chi connectivity index (χ0) is 13.7. The normalized spacial score (nSPS) is 24.2. The first-order valence-corrected chi connectivity index (χ1v) is 8.13. The van der Waals surface area contributed by atoms with Crippen molar-refractivity contribution in [3.8, 4) is 0 Å². The van der Waals surface area contributed by atoms with E-state index < -0.39 is 0 Å². The van der Waals surface area contributed by atoms with Crippen LogP contribution in [0.3, 0.4) is 0 Å². The van der Waals surface area contributed by atoms with E-state index in [0.717, 1.165) is 29.4 Å². The van der Waals surface area contributed by atoms with Crippen LogP contribution in [0.25, 0.3) is 0 Å². The predicted octanol–water partition coefficient (Wildman–Crippen LogP) is 4.83. The lowest BCUT2D eigenvalue weighted by molar-refractivity contribution is 0.287. The molecule has 1 aromatic carbocycles. The highest BCUT2D eigenvalue weighted by Crippen LogP contribution is 2.31. The Morgan fingerprint density at radius 1 is 1.32 bits per heavy atom. The summed E-state index contributed by atoms with van der Waals surface area (Å²) in [5.74, 6) is -0.140. The van der Waals surface area contributed by atoms with Crippen LogP contribution in [-0.4, -0.2) is 12.1 Å². The summed E-state index contributed by atoms with van der Waals surface area (Å²) in [6, 6.07) is 5.01. The van der Waals surface area contributed by atoms with Gasteiger partial charge in [-0.15, -0.1) is 0 Å². The first kappa shape index (κ1) is 15.0. The van der Waals surface area contributed by atoms with Crippen LogP contribution in [0.4, 0.5) is 4.39 Å². The van der Waals surface area contributed by atoms with Gasteiger partial charge in [0.2, 0.25) is 0 Å². The molecule has 0 amide bonds. The molecule has 1 N–H and O–H groups in total. The lowest BCUT2D eigenvalue weighted by Crippen LogP contribution is -2.46. The second-order valence-corrected chi connectivity index (χ2v) is 6.53. The van der Waals surface area contributed by atoms with E-state index >= 15 is 0 Å². The summed E-state index contributed by atoms with van der Waals surface area (Å²) < 4.78 is 14.5. The molecule has 1 fully saturated rings. The van der Waals surface area contributed by atoms with Crippen LogP contribution in [0.1, 0.15) is 51.0 Å². The molecule has 1 unspecified atom stereocenters. The fourth-order valence-corrected chi connectivity index (χ4v) is 3.57. The van der Waals surface area contributed by atoms with E-state index in [1.807, 2.05) is 6.07 Å². The molecule has 0 aromatic heterocycles. The molecular weight excluding hydrogens is 305 g/mol. The van der Waals surface area contributed by atoms with E-state index in [4.69, 9.17) is 0 Å². The van der Waals surface area contributed by atoms with Crippen LogP contribution in [0.5, 0.6) is 0 Å². The maximum absolute atomic E-state index is 13.5. The van der Waals surface area contributed by atoms with Crippen LogP contribution >= 0.6 is 15.9 Å². The minimum Gasteiger partial charge on any atom is -0.311 e. The first-order valence-electron chi connectivity index (χ1n) is 7.34. The maximum atomic E-state index is 13.5. The van der Waals surface area contributed by atoms with Gasteiger partial charge in [-0.25, -0.2) is 4.39 Å². The number of hydrogen-bond donors (Lipinski definition) is 1. The molecule has 0 saturated carbocycles. The summed E-state index contributed by atoms with van der Waals surface area (Å²) in [5, 5.41) is 3.75. The van der Waals surface area contributed by atoms with Gasteiger partial charge in [0.25, 0.3) is 0 Å². The SMILES string of the molecule is CCCC1(Cc2cc(F)ccc2Br)CCCCCN1. The Labute approximate surface area is 124 Å². The highest BCUT2D eigenvalue weighted by atomic mass is 79.9. The number of hydrogen-bond acceptors (Lipinski definition) is 1. The minimum absolute atomic E-state index is 0.140. The fraction of sp³-hybridized carbons (Fsp3) is 0.625. The van der Waals surface area contributed by atoms with E-state index in [-0.39, 0.29) is 11.4 Å². The van der Waals surface area contributed by atoms with Gasteiger partial charge >= 0.3 is 0 Å². The molecule has 1 aromatic rings. The van der Waals surface area contributed by atoms with Crippen molar-refractivity contribution in [3.05, 3.63) is 34.1 Å². The highest BCUT2D eigenvalue weighted by Gasteiger charge is 2.30. The Kier molecular flexibility index (Phi) is 5.40. The van der Waals surface area contributed by atoms with Crippen molar-refractivity contribution >= 4 is 15.9 Å². The van der Waals surface area contributed by atoms with Gasteiger partial charge in [0, 0.05) is 10.0 Å². The first-order chi connectivity index (χ1) is 9.15. The van der Waals surface area contributed by atoms with Crippen LogP contribution in [0.15, 0.2) is 22.7 Å². The van der Waals surface area contributed by atoms with E-state index in [0.29, 0.717) is 0 Å². The zero-order valence-electron chi connectivity index (χ0n) is 11.6. The molecule has 0 spiro atoms. The second-order valence-electron chi connectivity index (χ2n) is 5.68. The van der Waals surface area contributed by atoms with Gasteiger partial charge in [0.1, 0.15) is 5.82 Å². The van der Waals surface area contributed by atoms with Crippen LogP contribution in [-0.2, 0) is 6.42 Å². The standard InChI is InChI=1S/C16H23BrFN/c1-2-8-16(9-4-3-5-10-19-16)12-13-11-14(18)6-7-15(13)17/h6-7,11,19H,2-5,8-10,12H2,1H3. The quantitative estimate of drug-likeness (QED) is 0.834. The predicted molar refractivity (Wildman–Crippen MR) is 81.9 cm³/mol. The molecule has 1 atom stereocenters. The molecule has 0 bridgehead atoms. The van der Waals surface area contributed by atoms with Crippen molar-refractivity contribution in [3.63, 3.8) is 0 Å². The summed E-state index contributed by atoms with van der Waals surface area (Å²) in [6.45, 7) is 3.32. The third kappa shape index (κ3) is 4.03. The number of rotatable bonds is 4. The molecule has 3 heteroatoms. The zero-order valence-corrected chi connectivity index (χ0v) is 13.2. The van der Waals surface area contributed by atoms with E-state index in [2.05, 4.69) is 28.2 Å². The third-order valence-corrected chi connectivity index (χ3v) is 4.87. The Morgan fingerprint density at radius 3 is 2.95 bits per heavy atom. The second kappa shape index (κ2) is 6.85. The highest BCUT2D eigenvalue weighted by molar-refractivity contribution is 9.10. The average molecular weight is 328 g/mol. The van der Waals surface area contributed by atoms with Crippen molar-refractivity contribution in [2.75, 3.05) is 6.54 Å². The fourth-order valence-electron chi connectivity index (χ4n) is 3.18. The molecular formula is C16H23BrFN. The topological polar surface area (TPSA) is 12.0 Å². The van der Waals surface area contributed by atoms with Gasteiger partial charge in [-0.3, -0.25) is 0 Å². The van der Waals surface area contributed by atoms with Crippen LogP contribution in [0.2, 0.25) is 0 Å². The van der Waals surface area contributed by atoms with Crippen molar-refractivity contribution in [1.29, 1.82) is 0 Å². The number of benzene rings is 1. The van der Waals surface area contributed by atoms with Crippen molar-refractivity contribution in [1.82, 2.24) is 5.32 Å². The summed E-state index contributed by atoms with van der Waals surface area (Å²) in [4.78, 5) is 0. The van der Waals surface area contributed by atoms with Gasteiger partial charge in [0.05, 0.1) is 0 Å². The molecule has 1 heterocycles. The van der Waals surface area contributed by atoms with Crippen LogP contribution in [0, 0.1) is 5.82 Å². The van der Waals surface area contributed by atoms with Gasteiger partial charge in [-0.2, -0.15) is 0 Å². The molecule has 0 radical (unpaired) electrons. The molecule has 19 heavy (non-hydrogen) atoms. The lowest BCUT2D eigenvalue weighted by atomic mass is 9.83. The largest absolute Gasteiger partial charge is 0.311 e. The smallest absolute Gasteiger partial charge is 0.123 e. The lowest BCUT2D eigenvalue weighted by Gasteiger charge is -2.34. The Balaban J connectivity index is 2.21. The van der Waals surface area contributed by atoms with Crippen molar-refractivity contribution in [2.24, 2.45) is 0 Å². The summed E-state index contributed by atoms with van der Waals surface area (Å²) >= 11 is 3.56. The van der Waals surface area contributed by atoms with Gasteiger partial charge in [-0.05, 0) is 56.0 Å². The molecule has 106 valence electrons.